The van der Waals surface area contributed by atoms with E-state index < -0.39 is 0 Å². The SMILES string of the molecule is Cc1nn(Cc2ccccc2)c(Cl)c1C(=O)NCc1cccc(Cn2ccnc2)c1. The molecule has 0 aliphatic rings. The quantitative estimate of drug-likeness (QED) is 0.491. The molecule has 30 heavy (non-hydrogen) atoms. The first kappa shape index (κ1) is 19.9. The van der Waals surface area contributed by atoms with Gasteiger partial charge in [0.1, 0.15) is 5.15 Å². The molecule has 2 heterocycles. The third-order valence-electron chi connectivity index (χ3n) is 4.84. The first-order valence-electron chi connectivity index (χ1n) is 9.69. The van der Waals surface area contributed by atoms with Gasteiger partial charge >= 0.3 is 0 Å². The smallest absolute Gasteiger partial charge is 0.256 e. The zero-order valence-electron chi connectivity index (χ0n) is 16.6. The predicted octanol–water partition coefficient (Wildman–Crippen LogP) is 4.07. The molecular formula is C23H22ClN5O. The summed E-state index contributed by atoms with van der Waals surface area (Å²) >= 11 is 6.49. The summed E-state index contributed by atoms with van der Waals surface area (Å²) < 4.78 is 3.66. The Balaban J connectivity index is 1.43. The van der Waals surface area contributed by atoms with E-state index in [2.05, 4.69) is 27.5 Å². The molecule has 7 heteroatoms. The van der Waals surface area contributed by atoms with E-state index in [4.69, 9.17) is 11.6 Å². The van der Waals surface area contributed by atoms with Crippen molar-refractivity contribution in [3.63, 3.8) is 0 Å². The minimum atomic E-state index is -0.225. The Bertz CT molecular complexity index is 1140. The summed E-state index contributed by atoms with van der Waals surface area (Å²) in [6, 6.07) is 18.0. The lowest BCUT2D eigenvalue weighted by Gasteiger charge is -2.08. The Labute approximate surface area is 180 Å². The number of nitrogens with one attached hydrogen (secondary N) is 1. The standard InChI is InChI=1S/C23H22ClN5O/c1-17-21(22(24)29(27-17)15-18-6-3-2-4-7-18)23(30)26-13-19-8-5-9-20(12-19)14-28-11-10-25-16-28/h2-12,16H,13-15H2,1H3,(H,26,30). The van der Waals surface area contributed by atoms with Crippen molar-refractivity contribution in [2.24, 2.45) is 0 Å². The number of hydrogen-bond donors (Lipinski definition) is 1. The van der Waals surface area contributed by atoms with Crippen LogP contribution in [-0.2, 0) is 19.6 Å². The zero-order valence-corrected chi connectivity index (χ0v) is 17.4. The molecule has 6 nitrogen and oxygen atoms in total. The molecule has 4 rings (SSSR count). The molecule has 2 aromatic carbocycles. The number of nitrogens with zero attached hydrogens (tertiary/aromatic N) is 4. The van der Waals surface area contributed by atoms with Crippen LogP contribution in [0.3, 0.4) is 0 Å². The van der Waals surface area contributed by atoms with Crippen LogP contribution in [0.15, 0.2) is 73.3 Å². The maximum Gasteiger partial charge on any atom is 0.256 e. The molecule has 0 saturated carbocycles. The largest absolute Gasteiger partial charge is 0.348 e. The van der Waals surface area contributed by atoms with Crippen LogP contribution in [0.4, 0.5) is 0 Å². The van der Waals surface area contributed by atoms with E-state index in [1.54, 1.807) is 24.1 Å². The van der Waals surface area contributed by atoms with E-state index in [1.165, 1.54) is 0 Å². The lowest BCUT2D eigenvalue weighted by Crippen LogP contribution is -2.23. The number of aromatic nitrogens is 4. The number of halogens is 1. The third kappa shape index (κ3) is 4.60. The Morgan fingerprint density at radius 2 is 1.80 bits per heavy atom. The molecule has 0 radical (unpaired) electrons. The van der Waals surface area contributed by atoms with E-state index >= 15 is 0 Å². The van der Waals surface area contributed by atoms with Crippen molar-refractivity contribution >= 4 is 17.5 Å². The fraction of sp³-hybridized carbons (Fsp3) is 0.174. The van der Waals surface area contributed by atoms with Crippen LogP contribution in [-0.4, -0.2) is 25.2 Å². The highest BCUT2D eigenvalue weighted by molar-refractivity contribution is 6.33. The van der Waals surface area contributed by atoms with Crippen molar-refractivity contribution in [2.45, 2.75) is 26.6 Å². The highest BCUT2D eigenvalue weighted by atomic mass is 35.5. The maximum atomic E-state index is 12.8. The van der Waals surface area contributed by atoms with Gasteiger partial charge in [-0.1, -0.05) is 66.2 Å². The van der Waals surface area contributed by atoms with Crippen LogP contribution < -0.4 is 5.32 Å². The molecule has 0 aliphatic carbocycles. The van der Waals surface area contributed by atoms with Gasteiger partial charge in [0, 0.05) is 25.5 Å². The first-order valence-corrected chi connectivity index (χ1v) is 10.1. The van der Waals surface area contributed by atoms with Gasteiger partial charge in [-0.05, 0) is 23.6 Å². The summed E-state index contributed by atoms with van der Waals surface area (Å²) in [6.45, 7) is 3.47. The summed E-state index contributed by atoms with van der Waals surface area (Å²) in [5.74, 6) is -0.225. The number of amides is 1. The highest BCUT2D eigenvalue weighted by Crippen LogP contribution is 2.21. The number of aryl methyl sites for hydroxylation is 1. The summed E-state index contributed by atoms with van der Waals surface area (Å²) in [7, 11) is 0. The molecule has 1 amide bonds. The fourth-order valence-corrected chi connectivity index (χ4v) is 3.69. The van der Waals surface area contributed by atoms with E-state index in [0.717, 1.165) is 23.2 Å². The monoisotopic (exact) mass is 419 g/mol. The van der Waals surface area contributed by atoms with Gasteiger partial charge in [-0.15, -0.1) is 0 Å². The Morgan fingerprint density at radius 1 is 1.03 bits per heavy atom. The van der Waals surface area contributed by atoms with E-state index in [0.29, 0.717) is 29.5 Å². The maximum absolute atomic E-state index is 12.8. The second-order valence-corrected chi connectivity index (χ2v) is 7.49. The van der Waals surface area contributed by atoms with Gasteiger partial charge in [-0.3, -0.25) is 4.79 Å². The molecule has 1 N–H and O–H groups in total. The average molecular weight is 420 g/mol. The zero-order chi connectivity index (χ0) is 20.9. The van der Waals surface area contributed by atoms with Gasteiger partial charge in [-0.2, -0.15) is 5.10 Å². The molecule has 0 atom stereocenters. The van der Waals surface area contributed by atoms with Crippen molar-refractivity contribution in [2.75, 3.05) is 0 Å². The van der Waals surface area contributed by atoms with Crippen LogP contribution >= 0.6 is 11.6 Å². The van der Waals surface area contributed by atoms with Gasteiger partial charge < -0.3 is 9.88 Å². The second kappa shape index (κ2) is 8.97. The summed E-state index contributed by atoms with van der Waals surface area (Å²) in [4.78, 5) is 16.9. The molecule has 4 aromatic rings. The minimum absolute atomic E-state index is 0.225. The Morgan fingerprint density at radius 3 is 2.57 bits per heavy atom. The summed E-state index contributed by atoms with van der Waals surface area (Å²) in [6.07, 6.45) is 5.47. The van der Waals surface area contributed by atoms with Crippen LogP contribution in [0.5, 0.6) is 0 Å². The Kier molecular flexibility index (Phi) is 5.95. The van der Waals surface area contributed by atoms with E-state index in [-0.39, 0.29) is 5.91 Å². The van der Waals surface area contributed by atoms with Gasteiger partial charge in [-0.25, -0.2) is 9.67 Å². The van der Waals surface area contributed by atoms with Crippen molar-refractivity contribution in [1.82, 2.24) is 24.6 Å². The number of benzene rings is 2. The molecule has 0 spiro atoms. The molecular weight excluding hydrogens is 398 g/mol. The number of carbonyl (C=O) groups is 1. The normalized spacial score (nSPS) is 10.9. The molecule has 0 aliphatic heterocycles. The minimum Gasteiger partial charge on any atom is -0.348 e. The number of carbonyl (C=O) groups excluding carboxylic acids is 1. The van der Waals surface area contributed by atoms with E-state index in [9.17, 15) is 4.79 Å². The fourth-order valence-electron chi connectivity index (χ4n) is 3.37. The lowest BCUT2D eigenvalue weighted by atomic mass is 10.1. The molecule has 152 valence electrons. The molecule has 0 bridgehead atoms. The Hall–Kier alpha value is -3.38. The topological polar surface area (TPSA) is 64.7 Å². The highest BCUT2D eigenvalue weighted by Gasteiger charge is 2.20. The number of hydrogen-bond acceptors (Lipinski definition) is 3. The van der Waals surface area contributed by atoms with E-state index in [1.807, 2.05) is 53.2 Å². The average Bonchev–Trinajstić information content (AvgIpc) is 3.35. The van der Waals surface area contributed by atoms with Gasteiger partial charge in [0.05, 0.1) is 24.1 Å². The van der Waals surface area contributed by atoms with Crippen LogP contribution in [0.1, 0.15) is 32.7 Å². The number of imidazole rings is 1. The molecule has 0 unspecified atom stereocenters. The third-order valence-corrected chi connectivity index (χ3v) is 5.22. The first-order chi connectivity index (χ1) is 14.6. The van der Waals surface area contributed by atoms with Crippen molar-refractivity contribution < 1.29 is 4.79 Å². The van der Waals surface area contributed by atoms with Crippen molar-refractivity contribution in [3.8, 4) is 0 Å². The molecule has 2 aromatic heterocycles. The van der Waals surface area contributed by atoms with Crippen LogP contribution in [0.25, 0.3) is 0 Å². The summed E-state index contributed by atoms with van der Waals surface area (Å²) in [5.41, 5.74) is 4.27. The van der Waals surface area contributed by atoms with Crippen LogP contribution in [0, 0.1) is 6.92 Å². The van der Waals surface area contributed by atoms with Crippen molar-refractivity contribution in [1.29, 1.82) is 0 Å². The lowest BCUT2D eigenvalue weighted by molar-refractivity contribution is 0.0950. The second-order valence-electron chi connectivity index (χ2n) is 7.13. The van der Waals surface area contributed by atoms with Gasteiger partial charge in [0.15, 0.2) is 0 Å². The predicted molar refractivity (Wildman–Crippen MR) is 116 cm³/mol. The molecule has 0 fully saturated rings. The van der Waals surface area contributed by atoms with Crippen molar-refractivity contribution in [3.05, 3.63) is 106 Å². The van der Waals surface area contributed by atoms with Gasteiger partial charge in [0.25, 0.3) is 5.91 Å². The van der Waals surface area contributed by atoms with Crippen LogP contribution in [0.2, 0.25) is 5.15 Å². The molecule has 0 saturated heterocycles. The number of rotatable bonds is 7. The van der Waals surface area contributed by atoms with Gasteiger partial charge in [0.2, 0.25) is 0 Å². The summed E-state index contributed by atoms with van der Waals surface area (Å²) in [5, 5.41) is 7.77.